The van der Waals surface area contributed by atoms with Gasteiger partial charge in [-0.2, -0.15) is 4.98 Å². The SMILES string of the molecule is CCc1c(O)nc(SC)n(C(C)CC)c1=O. The van der Waals surface area contributed by atoms with Crippen LogP contribution in [0.4, 0.5) is 0 Å². The Hall–Kier alpha value is -0.970. The minimum atomic E-state index is -0.128. The third-order valence-electron chi connectivity index (χ3n) is 2.72. The quantitative estimate of drug-likeness (QED) is 0.649. The number of aromatic nitrogens is 2. The van der Waals surface area contributed by atoms with Crippen LogP contribution in [-0.2, 0) is 6.42 Å². The molecule has 1 rings (SSSR count). The van der Waals surface area contributed by atoms with Crippen molar-refractivity contribution >= 4 is 11.8 Å². The first-order chi connectivity index (χ1) is 7.56. The molecule has 0 radical (unpaired) electrons. The zero-order chi connectivity index (χ0) is 12.3. The second-order valence-corrected chi connectivity index (χ2v) is 4.46. The summed E-state index contributed by atoms with van der Waals surface area (Å²) in [5, 5.41) is 10.2. The molecular formula is C11H18N2O2S. The van der Waals surface area contributed by atoms with Crippen LogP contribution in [0, 0.1) is 0 Å². The zero-order valence-corrected chi connectivity index (χ0v) is 11.0. The third kappa shape index (κ3) is 2.24. The van der Waals surface area contributed by atoms with Gasteiger partial charge in [-0.3, -0.25) is 9.36 Å². The highest BCUT2D eigenvalue weighted by Crippen LogP contribution is 2.21. The highest BCUT2D eigenvalue weighted by Gasteiger charge is 2.17. The van der Waals surface area contributed by atoms with Crippen LogP contribution in [0.5, 0.6) is 5.88 Å². The molecule has 0 aromatic carbocycles. The summed E-state index contributed by atoms with van der Waals surface area (Å²) in [6, 6.07) is 0.105. The summed E-state index contributed by atoms with van der Waals surface area (Å²) in [6.45, 7) is 5.86. The van der Waals surface area contributed by atoms with Crippen molar-refractivity contribution in [3.8, 4) is 5.88 Å². The van der Waals surface area contributed by atoms with Crippen LogP contribution in [0.15, 0.2) is 9.95 Å². The maximum Gasteiger partial charge on any atom is 0.261 e. The monoisotopic (exact) mass is 242 g/mol. The van der Waals surface area contributed by atoms with E-state index in [0.717, 1.165) is 6.42 Å². The molecule has 5 heteroatoms. The molecule has 4 nitrogen and oxygen atoms in total. The van der Waals surface area contributed by atoms with Gasteiger partial charge in [0.15, 0.2) is 5.16 Å². The summed E-state index contributed by atoms with van der Waals surface area (Å²) >= 11 is 1.38. The number of nitrogens with zero attached hydrogens (tertiary/aromatic N) is 2. The lowest BCUT2D eigenvalue weighted by Gasteiger charge is -2.17. The molecule has 0 amide bonds. The summed E-state index contributed by atoms with van der Waals surface area (Å²) in [6.07, 6.45) is 3.22. The summed E-state index contributed by atoms with van der Waals surface area (Å²) in [5.74, 6) is -0.128. The Kier molecular flexibility index (Phi) is 4.41. The lowest BCUT2D eigenvalue weighted by atomic mass is 10.2. The largest absolute Gasteiger partial charge is 0.493 e. The van der Waals surface area contributed by atoms with E-state index in [2.05, 4.69) is 4.98 Å². The van der Waals surface area contributed by atoms with Crippen LogP contribution in [0.1, 0.15) is 38.8 Å². The van der Waals surface area contributed by atoms with Gasteiger partial charge in [0.05, 0.1) is 5.56 Å². The Balaban J connectivity index is 3.50. The Morgan fingerprint density at radius 1 is 1.50 bits per heavy atom. The zero-order valence-electron chi connectivity index (χ0n) is 10.1. The molecule has 0 bridgehead atoms. The summed E-state index contributed by atoms with van der Waals surface area (Å²) in [5.41, 5.74) is 0.284. The lowest BCUT2D eigenvalue weighted by molar-refractivity contribution is 0.402. The topological polar surface area (TPSA) is 55.1 Å². The second-order valence-electron chi connectivity index (χ2n) is 3.69. The number of hydrogen-bond donors (Lipinski definition) is 1. The van der Waals surface area contributed by atoms with Crippen LogP contribution >= 0.6 is 11.8 Å². The molecule has 16 heavy (non-hydrogen) atoms. The van der Waals surface area contributed by atoms with E-state index >= 15 is 0 Å². The van der Waals surface area contributed by atoms with Gasteiger partial charge in [-0.05, 0) is 26.0 Å². The normalized spacial score (nSPS) is 12.8. The van der Waals surface area contributed by atoms with Crippen molar-refractivity contribution in [1.29, 1.82) is 0 Å². The van der Waals surface area contributed by atoms with Gasteiger partial charge in [-0.1, -0.05) is 25.6 Å². The molecule has 90 valence electrons. The third-order valence-corrected chi connectivity index (χ3v) is 3.38. The van der Waals surface area contributed by atoms with Gasteiger partial charge in [0.25, 0.3) is 5.56 Å². The summed E-state index contributed by atoms with van der Waals surface area (Å²) in [7, 11) is 0. The molecule has 1 aromatic rings. The number of aromatic hydroxyl groups is 1. The fourth-order valence-electron chi connectivity index (χ4n) is 1.56. The minimum Gasteiger partial charge on any atom is -0.493 e. The minimum absolute atomic E-state index is 0.105. The first-order valence-corrected chi connectivity index (χ1v) is 6.67. The van der Waals surface area contributed by atoms with Crippen LogP contribution in [0.25, 0.3) is 0 Å². The maximum atomic E-state index is 12.2. The molecule has 0 saturated carbocycles. The molecule has 0 aliphatic rings. The van der Waals surface area contributed by atoms with Crippen LogP contribution in [0.3, 0.4) is 0 Å². The van der Waals surface area contributed by atoms with E-state index in [1.807, 2.05) is 27.0 Å². The fourth-order valence-corrected chi connectivity index (χ4v) is 2.20. The van der Waals surface area contributed by atoms with Crippen LogP contribution in [0.2, 0.25) is 0 Å². The number of thioether (sulfide) groups is 1. The summed E-state index contributed by atoms with van der Waals surface area (Å²) in [4.78, 5) is 16.2. The van der Waals surface area contributed by atoms with E-state index in [1.165, 1.54) is 11.8 Å². The number of hydrogen-bond acceptors (Lipinski definition) is 4. The molecular weight excluding hydrogens is 224 g/mol. The predicted octanol–water partition coefficient (Wildman–Crippen LogP) is 2.20. The first kappa shape index (κ1) is 13.1. The molecule has 1 unspecified atom stereocenters. The molecule has 1 aromatic heterocycles. The summed E-state index contributed by atoms with van der Waals surface area (Å²) < 4.78 is 1.67. The van der Waals surface area contributed by atoms with Gasteiger partial charge in [0.2, 0.25) is 5.88 Å². The maximum absolute atomic E-state index is 12.2. The van der Waals surface area contributed by atoms with E-state index < -0.39 is 0 Å². The second kappa shape index (κ2) is 5.39. The van der Waals surface area contributed by atoms with Gasteiger partial charge >= 0.3 is 0 Å². The first-order valence-electron chi connectivity index (χ1n) is 5.45. The van der Waals surface area contributed by atoms with Crippen molar-refractivity contribution in [3.05, 3.63) is 15.9 Å². The molecule has 0 fully saturated rings. The van der Waals surface area contributed by atoms with Crippen molar-refractivity contribution in [3.63, 3.8) is 0 Å². The van der Waals surface area contributed by atoms with Gasteiger partial charge in [0.1, 0.15) is 0 Å². The molecule has 0 aliphatic carbocycles. The Bertz CT molecular complexity index is 429. The average Bonchev–Trinajstić information content (AvgIpc) is 2.27. The standard InChI is InChI=1S/C11H18N2O2S/c1-5-7(3)13-10(15)8(6-2)9(14)12-11(13)16-4/h7,14H,5-6H2,1-4H3. The highest BCUT2D eigenvalue weighted by atomic mass is 32.2. The van der Waals surface area contributed by atoms with Gasteiger partial charge in [0, 0.05) is 6.04 Å². The van der Waals surface area contributed by atoms with E-state index in [4.69, 9.17) is 0 Å². The molecule has 0 spiro atoms. The number of rotatable bonds is 4. The van der Waals surface area contributed by atoms with Crippen LogP contribution < -0.4 is 5.56 Å². The van der Waals surface area contributed by atoms with Crippen molar-refractivity contribution in [2.24, 2.45) is 0 Å². The van der Waals surface area contributed by atoms with Gasteiger partial charge in [-0.25, -0.2) is 0 Å². The Morgan fingerprint density at radius 2 is 2.12 bits per heavy atom. The fraction of sp³-hybridized carbons (Fsp3) is 0.636. The smallest absolute Gasteiger partial charge is 0.261 e. The van der Waals surface area contributed by atoms with Crippen molar-refractivity contribution in [2.45, 2.75) is 44.8 Å². The molecule has 1 heterocycles. The molecule has 0 aliphatic heterocycles. The molecule has 1 N–H and O–H groups in total. The van der Waals surface area contributed by atoms with Gasteiger partial charge in [-0.15, -0.1) is 0 Å². The Morgan fingerprint density at radius 3 is 2.56 bits per heavy atom. The van der Waals surface area contributed by atoms with E-state index in [0.29, 0.717) is 17.1 Å². The van der Waals surface area contributed by atoms with Crippen LogP contribution in [-0.4, -0.2) is 20.9 Å². The average molecular weight is 242 g/mol. The van der Waals surface area contributed by atoms with Crippen molar-refractivity contribution in [2.75, 3.05) is 6.26 Å². The lowest BCUT2D eigenvalue weighted by Crippen LogP contribution is -2.28. The van der Waals surface area contributed by atoms with Crippen molar-refractivity contribution in [1.82, 2.24) is 9.55 Å². The van der Waals surface area contributed by atoms with E-state index in [9.17, 15) is 9.90 Å². The predicted molar refractivity (Wildman–Crippen MR) is 66.3 cm³/mol. The highest BCUT2D eigenvalue weighted by molar-refractivity contribution is 7.98. The Labute approximate surface area is 99.7 Å². The van der Waals surface area contributed by atoms with Crippen molar-refractivity contribution < 1.29 is 5.11 Å². The van der Waals surface area contributed by atoms with Gasteiger partial charge < -0.3 is 5.11 Å². The molecule has 1 atom stereocenters. The van der Waals surface area contributed by atoms with E-state index in [-0.39, 0.29) is 17.5 Å². The molecule has 0 saturated heterocycles. The van der Waals surface area contributed by atoms with E-state index in [1.54, 1.807) is 4.57 Å².